The van der Waals surface area contributed by atoms with Crippen molar-refractivity contribution < 1.29 is 24.5 Å². The van der Waals surface area contributed by atoms with Gasteiger partial charge in [-0.2, -0.15) is 0 Å². The molecular weight excluding hydrogens is 839 g/mol. The van der Waals surface area contributed by atoms with Crippen LogP contribution >= 0.6 is 0 Å². The summed E-state index contributed by atoms with van der Waals surface area (Å²) in [4.78, 5) is 26.3. The van der Waals surface area contributed by atoms with Gasteiger partial charge in [0.15, 0.2) is 0 Å². The highest BCUT2D eigenvalue weighted by atomic mass is 16.5. The largest absolute Gasteiger partial charge is 0.462 e. The highest BCUT2D eigenvalue weighted by Gasteiger charge is 2.24. The van der Waals surface area contributed by atoms with E-state index < -0.39 is 18.2 Å². The molecule has 6 nitrogen and oxygen atoms in total. The minimum absolute atomic E-state index is 0.0827. The number of aliphatic hydroxyl groups excluding tert-OH is 2. The van der Waals surface area contributed by atoms with Crippen LogP contribution in [0.15, 0.2) is 12.2 Å². The molecule has 0 radical (unpaired) electrons. The van der Waals surface area contributed by atoms with Crippen LogP contribution < -0.4 is 5.32 Å². The topological polar surface area (TPSA) is 95.9 Å². The maximum atomic E-state index is 13.3. The Bertz CT molecular complexity index is 1030. The number of hydrogen-bond acceptors (Lipinski definition) is 5. The molecule has 0 bridgehead atoms. The third kappa shape index (κ3) is 51.0. The molecule has 0 spiro atoms. The van der Waals surface area contributed by atoms with Gasteiger partial charge in [0, 0.05) is 6.42 Å². The summed E-state index contributed by atoms with van der Waals surface area (Å²) >= 11 is 0. The van der Waals surface area contributed by atoms with Gasteiger partial charge in [-0.25, -0.2) is 0 Å². The van der Waals surface area contributed by atoms with Crippen LogP contribution in [0.2, 0.25) is 0 Å². The summed E-state index contributed by atoms with van der Waals surface area (Å²) in [5.41, 5.74) is 0. The van der Waals surface area contributed by atoms with Crippen molar-refractivity contribution in [3.8, 4) is 0 Å². The molecule has 0 heterocycles. The fourth-order valence-electron chi connectivity index (χ4n) is 9.90. The summed E-state index contributed by atoms with van der Waals surface area (Å²) in [5.74, 6) is -0.451. The lowest BCUT2D eigenvalue weighted by Gasteiger charge is -2.24. The van der Waals surface area contributed by atoms with E-state index in [-0.39, 0.29) is 24.9 Å². The van der Waals surface area contributed by atoms with Gasteiger partial charge in [0.05, 0.1) is 25.2 Å². The van der Waals surface area contributed by atoms with Crippen molar-refractivity contribution in [1.82, 2.24) is 5.32 Å². The Kier molecular flexibility index (Phi) is 55.3. The molecule has 404 valence electrons. The first-order chi connectivity index (χ1) is 33.5. The van der Waals surface area contributed by atoms with Gasteiger partial charge in [-0.1, -0.05) is 296 Å². The Morgan fingerprint density at radius 2 is 0.706 bits per heavy atom. The number of aliphatic hydroxyl groups is 2. The number of allylic oxidation sites excluding steroid dienone is 2. The average molecular weight is 961 g/mol. The number of ether oxygens (including phenoxy) is 1. The number of hydrogen-bond donors (Lipinski definition) is 3. The van der Waals surface area contributed by atoms with Gasteiger partial charge in [0.1, 0.15) is 6.10 Å². The molecule has 0 fully saturated rings. The Morgan fingerprint density at radius 1 is 0.412 bits per heavy atom. The molecule has 0 aromatic carbocycles. The Labute approximate surface area is 425 Å². The van der Waals surface area contributed by atoms with E-state index in [4.69, 9.17) is 4.74 Å². The van der Waals surface area contributed by atoms with E-state index in [2.05, 4.69) is 38.2 Å². The van der Waals surface area contributed by atoms with Gasteiger partial charge in [0.2, 0.25) is 5.91 Å². The number of rotatable bonds is 57. The first-order valence-corrected chi connectivity index (χ1v) is 30.9. The lowest BCUT2D eigenvalue weighted by Crippen LogP contribution is -2.46. The van der Waals surface area contributed by atoms with Crippen molar-refractivity contribution in [2.45, 2.75) is 366 Å². The molecule has 0 aliphatic heterocycles. The van der Waals surface area contributed by atoms with Crippen LogP contribution in [-0.4, -0.2) is 46.9 Å². The average Bonchev–Trinajstić information content (AvgIpc) is 3.33. The molecule has 0 saturated heterocycles. The van der Waals surface area contributed by atoms with Gasteiger partial charge in [-0.3, -0.25) is 9.59 Å². The molecule has 6 heteroatoms. The number of nitrogens with one attached hydrogen (secondary N) is 1. The minimum atomic E-state index is -0.785. The van der Waals surface area contributed by atoms with E-state index in [9.17, 15) is 19.8 Å². The maximum absolute atomic E-state index is 13.3. The molecule has 3 N–H and O–H groups in total. The van der Waals surface area contributed by atoms with Crippen molar-refractivity contribution in [1.29, 1.82) is 0 Å². The van der Waals surface area contributed by atoms with E-state index in [0.29, 0.717) is 19.3 Å². The van der Waals surface area contributed by atoms with E-state index in [1.165, 1.54) is 250 Å². The number of carbonyl (C=O) groups is 2. The molecule has 3 unspecified atom stereocenters. The zero-order valence-electron chi connectivity index (χ0n) is 46.3. The summed E-state index contributed by atoms with van der Waals surface area (Å²) in [5, 5.41) is 24.0. The van der Waals surface area contributed by atoms with Crippen LogP contribution in [0.5, 0.6) is 0 Å². The Hall–Kier alpha value is -1.40. The molecule has 0 aromatic heterocycles. The first kappa shape index (κ1) is 66.6. The second-order valence-electron chi connectivity index (χ2n) is 21.5. The minimum Gasteiger partial charge on any atom is -0.462 e. The third-order valence-corrected chi connectivity index (χ3v) is 14.6. The van der Waals surface area contributed by atoms with Crippen LogP contribution in [0.25, 0.3) is 0 Å². The van der Waals surface area contributed by atoms with E-state index in [1.54, 1.807) is 0 Å². The van der Waals surface area contributed by atoms with Gasteiger partial charge in [-0.15, -0.1) is 0 Å². The fourth-order valence-corrected chi connectivity index (χ4v) is 9.90. The molecular formula is C62H121NO5. The number of esters is 1. The number of amides is 1. The number of carbonyl (C=O) groups excluding carboxylic acids is 2. The van der Waals surface area contributed by atoms with E-state index in [1.807, 2.05) is 0 Å². The SMILES string of the molecule is CCCCCCCC/C=C/CCCCCCCCCC(CC(=O)NC(CO)C(O)CCCCCCCCCCCCCCCCCC)OC(=O)CCCCCCCCCCCCCCCCCC. The predicted molar refractivity (Wildman–Crippen MR) is 297 cm³/mol. The normalized spacial score (nSPS) is 13.1. The highest BCUT2D eigenvalue weighted by Crippen LogP contribution is 2.19. The zero-order valence-corrected chi connectivity index (χ0v) is 46.3. The second kappa shape index (κ2) is 56.5. The lowest BCUT2D eigenvalue weighted by molar-refractivity contribution is -0.151. The van der Waals surface area contributed by atoms with Crippen LogP contribution in [0.3, 0.4) is 0 Å². The van der Waals surface area contributed by atoms with Gasteiger partial charge in [-0.05, 0) is 51.4 Å². The molecule has 0 rings (SSSR count). The summed E-state index contributed by atoms with van der Waals surface area (Å²) in [7, 11) is 0. The predicted octanol–water partition coefficient (Wildman–Crippen LogP) is 19.2. The summed E-state index contributed by atoms with van der Waals surface area (Å²) in [6, 6.07) is -0.698. The first-order valence-electron chi connectivity index (χ1n) is 30.9. The van der Waals surface area contributed by atoms with Crippen LogP contribution in [0.1, 0.15) is 348 Å². The van der Waals surface area contributed by atoms with E-state index in [0.717, 1.165) is 51.4 Å². The van der Waals surface area contributed by atoms with Gasteiger partial charge >= 0.3 is 5.97 Å². The number of unbranched alkanes of at least 4 members (excludes halogenated alkanes) is 43. The van der Waals surface area contributed by atoms with Gasteiger partial charge < -0.3 is 20.3 Å². The molecule has 1 amide bonds. The van der Waals surface area contributed by atoms with Gasteiger partial charge in [0.25, 0.3) is 0 Å². The summed E-state index contributed by atoms with van der Waals surface area (Å²) in [6.45, 7) is 6.54. The molecule has 0 saturated carbocycles. The second-order valence-corrected chi connectivity index (χ2v) is 21.5. The maximum Gasteiger partial charge on any atom is 0.306 e. The quantitative estimate of drug-likeness (QED) is 0.0321. The molecule has 3 atom stereocenters. The van der Waals surface area contributed by atoms with Crippen LogP contribution in [0.4, 0.5) is 0 Å². The van der Waals surface area contributed by atoms with Crippen molar-refractivity contribution in [3.05, 3.63) is 12.2 Å². The van der Waals surface area contributed by atoms with Crippen molar-refractivity contribution in [2.75, 3.05) is 6.61 Å². The lowest BCUT2D eigenvalue weighted by atomic mass is 10.0. The fraction of sp³-hybridized carbons (Fsp3) is 0.935. The Balaban J connectivity index is 4.50. The monoisotopic (exact) mass is 960 g/mol. The zero-order chi connectivity index (χ0) is 49.5. The van der Waals surface area contributed by atoms with Crippen molar-refractivity contribution in [2.24, 2.45) is 0 Å². The highest BCUT2D eigenvalue weighted by molar-refractivity contribution is 5.77. The van der Waals surface area contributed by atoms with E-state index >= 15 is 0 Å². The van der Waals surface area contributed by atoms with Crippen molar-refractivity contribution >= 4 is 11.9 Å². The molecule has 68 heavy (non-hydrogen) atoms. The molecule has 0 aliphatic carbocycles. The molecule has 0 aromatic rings. The Morgan fingerprint density at radius 3 is 1.04 bits per heavy atom. The van der Waals surface area contributed by atoms with Crippen molar-refractivity contribution in [3.63, 3.8) is 0 Å². The summed E-state index contributed by atoms with van der Waals surface area (Å²) < 4.78 is 5.98. The molecule has 0 aliphatic rings. The summed E-state index contributed by atoms with van der Waals surface area (Å²) in [6.07, 6.45) is 65.7. The smallest absolute Gasteiger partial charge is 0.306 e. The van der Waals surface area contributed by atoms with Crippen LogP contribution in [0, 0.1) is 0 Å². The standard InChI is InChI=1S/C62H121NO5/c1-4-7-10-13-16-19-22-25-28-31-32-35-38-41-44-47-50-53-58(68-62(67)55-52-49-46-43-40-37-34-30-27-24-21-18-15-12-9-6-3)56-61(66)63-59(57-64)60(65)54-51-48-45-42-39-36-33-29-26-23-20-17-14-11-8-5-2/h25,28,58-60,64-65H,4-24,26-27,29-57H2,1-3H3,(H,63,66)/b28-25+. The third-order valence-electron chi connectivity index (χ3n) is 14.6. The van der Waals surface area contributed by atoms with Crippen LogP contribution in [-0.2, 0) is 14.3 Å².